The Bertz CT molecular complexity index is 688. The topological polar surface area (TPSA) is 59.1 Å². The number of nitrogens with one attached hydrogen (secondary N) is 1. The summed E-state index contributed by atoms with van der Waals surface area (Å²) < 4.78 is 26.3. The molecule has 22 heavy (non-hydrogen) atoms. The number of aromatic nitrogens is 1. The molecule has 1 heterocycles. The van der Waals surface area contributed by atoms with E-state index in [1.54, 1.807) is 17.8 Å². The zero-order valence-corrected chi connectivity index (χ0v) is 14.2. The van der Waals surface area contributed by atoms with E-state index >= 15 is 0 Å². The molecule has 0 radical (unpaired) electrons. The van der Waals surface area contributed by atoms with E-state index in [2.05, 4.69) is 21.8 Å². The minimum absolute atomic E-state index is 0.132. The normalized spacial score (nSPS) is 11.3. The van der Waals surface area contributed by atoms with E-state index in [9.17, 15) is 8.42 Å². The van der Waals surface area contributed by atoms with Gasteiger partial charge in [-0.2, -0.15) is 0 Å². The highest BCUT2D eigenvalue weighted by Gasteiger charge is 2.10. The van der Waals surface area contributed by atoms with E-state index in [4.69, 9.17) is 0 Å². The minimum Gasteiger partial charge on any atom is -0.267 e. The first kappa shape index (κ1) is 16.8. The molecule has 0 unspecified atom stereocenters. The lowest BCUT2D eigenvalue weighted by Gasteiger charge is -2.08. The SMILES string of the molecule is CCCCS(=O)(=O)Nc1cccc(SCc2ccccc2)n1. The Morgan fingerprint density at radius 3 is 2.59 bits per heavy atom. The molecule has 0 saturated heterocycles. The van der Waals surface area contributed by atoms with Gasteiger partial charge in [0.2, 0.25) is 10.0 Å². The average Bonchev–Trinajstić information content (AvgIpc) is 2.52. The Labute approximate surface area is 136 Å². The molecule has 6 heteroatoms. The number of hydrogen-bond donors (Lipinski definition) is 1. The van der Waals surface area contributed by atoms with Gasteiger partial charge in [0.25, 0.3) is 0 Å². The summed E-state index contributed by atoms with van der Waals surface area (Å²) in [6, 6.07) is 15.5. The fraction of sp³-hybridized carbons (Fsp3) is 0.312. The first-order chi connectivity index (χ1) is 10.6. The maximum absolute atomic E-state index is 11.9. The molecule has 0 atom stereocenters. The molecule has 0 amide bonds. The standard InChI is InChI=1S/C16H20N2O2S2/c1-2-3-12-22(19,20)18-15-10-7-11-16(17-15)21-13-14-8-5-4-6-9-14/h4-11H,2-3,12-13H2,1H3,(H,17,18). The van der Waals surface area contributed by atoms with Crippen molar-refractivity contribution < 1.29 is 8.42 Å². The molecule has 0 spiro atoms. The van der Waals surface area contributed by atoms with Gasteiger partial charge in [-0.1, -0.05) is 49.7 Å². The molecular formula is C16H20N2O2S2. The van der Waals surface area contributed by atoms with Crippen LogP contribution in [0.15, 0.2) is 53.6 Å². The lowest BCUT2D eigenvalue weighted by atomic mass is 10.2. The van der Waals surface area contributed by atoms with Crippen molar-refractivity contribution >= 4 is 27.6 Å². The van der Waals surface area contributed by atoms with Crippen LogP contribution in [0, 0.1) is 0 Å². The number of hydrogen-bond acceptors (Lipinski definition) is 4. The van der Waals surface area contributed by atoms with Gasteiger partial charge in [0.1, 0.15) is 5.82 Å². The average molecular weight is 336 g/mol. The summed E-state index contributed by atoms with van der Waals surface area (Å²) in [6.45, 7) is 1.97. The summed E-state index contributed by atoms with van der Waals surface area (Å²) in [5, 5.41) is 0.805. The second kappa shape index (κ2) is 8.19. The van der Waals surface area contributed by atoms with Crippen molar-refractivity contribution in [3.8, 4) is 0 Å². The third kappa shape index (κ3) is 5.69. The molecule has 0 bridgehead atoms. The van der Waals surface area contributed by atoms with Crippen LogP contribution in [-0.2, 0) is 15.8 Å². The minimum atomic E-state index is -3.30. The number of nitrogens with zero attached hydrogens (tertiary/aromatic N) is 1. The predicted octanol–water partition coefficient (Wildman–Crippen LogP) is 3.92. The maximum Gasteiger partial charge on any atom is 0.233 e. The van der Waals surface area contributed by atoms with Gasteiger partial charge in [0.05, 0.1) is 10.8 Å². The molecule has 1 aromatic carbocycles. The Morgan fingerprint density at radius 2 is 1.86 bits per heavy atom. The maximum atomic E-state index is 11.9. The smallest absolute Gasteiger partial charge is 0.233 e. The number of pyridine rings is 1. The van der Waals surface area contributed by atoms with Gasteiger partial charge < -0.3 is 0 Å². The van der Waals surface area contributed by atoms with Crippen LogP contribution >= 0.6 is 11.8 Å². The van der Waals surface area contributed by atoms with E-state index in [1.807, 2.05) is 37.3 Å². The second-order valence-electron chi connectivity index (χ2n) is 4.91. The molecule has 118 valence electrons. The number of rotatable bonds is 8. The van der Waals surface area contributed by atoms with Gasteiger partial charge in [-0.3, -0.25) is 4.72 Å². The molecular weight excluding hydrogens is 316 g/mol. The van der Waals surface area contributed by atoms with Gasteiger partial charge in [-0.15, -0.1) is 11.8 Å². The summed E-state index contributed by atoms with van der Waals surface area (Å²) in [7, 11) is -3.30. The first-order valence-corrected chi connectivity index (χ1v) is 9.87. The monoisotopic (exact) mass is 336 g/mol. The molecule has 0 aliphatic heterocycles. The number of benzene rings is 1. The van der Waals surface area contributed by atoms with E-state index in [-0.39, 0.29) is 5.75 Å². The van der Waals surface area contributed by atoms with E-state index < -0.39 is 10.0 Å². The molecule has 0 saturated carbocycles. The lowest BCUT2D eigenvalue weighted by molar-refractivity contribution is 0.597. The highest BCUT2D eigenvalue weighted by Crippen LogP contribution is 2.22. The van der Waals surface area contributed by atoms with Gasteiger partial charge in [0.15, 0.2) is 0 Å². The Kier molecular flexibility index (Phi) is 6.27. The molecule has 1 aromatic heterocycles. The summed E-state index contributed by atoms with van der Waals surface area (Å²) >= 11 is 1.59. The number of thioether (sulfide) groups is 1. The van der Waals surface area contributed by atoms with Gasteiger partial charge in [0, 0.05) is 5.75 Å². The summed E-state index contributed by atoms with van der Waals surface area (Å²) in [5.74, 6) is 1.32. The Balaban J connectivity index is 1.98. The number of sulfonamides is 1. The zero-order valence-electron chi connectivity index (χ0n) is 12.5. The Hall–Kier alpha value is -1.53. The van der Waals surface area contributed by atoms with Gasteiger partial charge >= 0.3 is 0 Å². The van der Waals surface area contributed by atoms with Crippen LogP contribution < -0.4 is 4.72 Å². The van der Waals surface area contributed by atoms with Crippen LogP contribution in [-0.4, -0.2) is 19.2 Å². The van der Waals surface area contributed by atoms with Crippen molar-refractivity contribution in [3.63, 3.8) is 0 Å². The molecule has 1 N–H and O–H groups in total. The van der Waals surface area contributed by atoms with Crippen LogP contribution in [0.4, 0.5) is 5.82 Å². The third-order valence-corrected chi connectivity index (χ3v) is 5.33. The summed E-state index contributed by atoms with van der Waals surface area (Å²) in [5.41, 5.74) is 1.21. The fourth-order valence-corrected chi connectivity index (χ4v) is 3.88. The van der Waals surface area contributed by atoms with Crippen molar-refractivity contribution in [2.75, 3.05) is 10.5 Å². The number of anilines is 1. The molecule has 2 aromatic rings. The van der Waals surface area contributed by atoms with Crippen molar-refractivity contribution in [1.82, 2.24) is 4.98 Å². The Morgan fingerprint density at radius 1 is 1.09 bits per heavy atom. The summed E-state index contributed by atoms with van der Waals surface area (Å²) in [6.07, 6.45) is 1.50. The molecule has 4 nitrogen and oxygen atoms in total. The van der Waals surface area contributed by atoms with Crippen LogP contribution in [0.25, 0.3) is 0 Å². The fourth-order valence-electron chi connectivity index (χ4n) is 1.83. The van der Waals surface area contributed by atoms with Crippen molar-refractivity contribution in [2.24, 2.45) is 0 Å². The molecule has 2 rings (SSSR count). The van der Waals surface area contributed by atoms with Crippen molar-refractivity contribution in [2.45, 2.75) is 30.5 Å². The van der Waals surface area contributed by atoms with Gasteiger partial charge in [-0.05, 0) is 24.1 Å². The predicted molar refractivity (Wildman–Crippen MR) is 92.6 cm³/mol. The van der Waals surface area contributed by atoms with Gasteiger partial charge in [-0.25, -0.2) is 13.4 Å². The largest absolute Gasteiger partial charge is 0.267 e. The molecule has 0 fully saturated rings. The van der Waals surface area contributed by atoms with Crippen molar-refractivity contribution in [1.29, 1.82) is 0 Å². The van der Waals surface area contributed by atoms with Crippen LogP contribution in [0.2, 0.25) is 0 Å². The van der Waals surface area contributed by atoms with E-state index in [1.165, 1.54) is 5.56 Å². The van der Waals surface area contributed by atoms with Crippen LogP contribution in [0.5, 0.6) is 0 Å². The first-order valence-electron chi connectivity index (χ1n) is 7.23. The molecule has 0 aliphatic rings. The zero-order chi connectivity index (χ0) is 15.8. The third-order valence-electron chi connectivity index (χ3n) is 2.98. The number of unbranched alkanes of at least 4 members (excludes halogenated alkanes) is 1. The second-order valence-corrected chi connectivity index (χ2v) is 7.75. The highest BCUT2D eigenvalue weighted by molar-refractivity contribution is 7.98. The quantitative estimate of drug-likeness (QED) is 0.742. The van der Waals surface area contributed by atoms with E-state index in [0.29, 0.717) is 12.2 Å². The van der Waals surface area contributed by atoms with Crippen molar-refractivity contribution in [3.05, 3.63) is 54.1 Å². The molecule has 0 aliphatic carbocycles. The lowest BCUT2D eigenvalue weighted by Crippen LogP contribution is -2.17. The summed E-state index contributed by atoms with van der Waals surface area (Å²) in [4.78, 5) is 4.35. The van der Waals surface area contributed by atoms with E-state index in [0.717, 1.165) is 17.2 Å². The van der Waals surface area contributed by atoms with Crippen LogP contribution in [0.1, 0.15) is 25.3 Å². The van der Waals surface area contributed by atoms with Crippen LogP contribution in [0.3, 0.4) is 0 Å². The highest BCUT2D eigenvalue weighted by atomic mass is 32.2.